The Labute approximate surface area is 205 Å². The Morgan fingerprint density at radius 2 is 1.86 bits per heavy atom. The third-order valence-electron chi connectivity index (χ3n) is 5.43. The molecule has 2 aromatic carbocycles. The van der Waals surface area contributed by atoms with Gasteiger partial charge >= 0.3 is 11.2 Å². The molecule has 13 heteroatoms. The molecule has 0 saturated carbocycles. The number of azo groups is 1. The van der Waals surface area contributed by atoms with E-state index in [1.807, 2.05) is 18.2 Å². The van der Waals surface area contributed by atoms with E-state index >= 15 is 0 Å². The van der Waals surface area contributed by atoms with Crippen LogP contribution in [0.4, 0.5) is 11.4 Å². The molecule has 0 atom stereocenters. The number of hydrogen-bond acceptors (Lipinski definition) is 10. The fraction of sp³-hybridized carbons (Fsp3) is 0.0870. The standard InChI is InChI=1S/C23H16N8O4S/c1-12-18(25-24-15-8-4-6-10-17(15)34-2)20(32)30(28-12)22-26-27-23-31(22)29-19(36-23)14-11-13-7-3-5-9-16(13)35-21(14)33/h3-11,28H,1-2H3. The molecule has 178 valence electrons. The van der Waals surface area contributed by atoms with Crippen LogP contribution in [-0.2, 0) is 0 Å². The molecule has 0 radical (unpaired) electrons. The van der Waals surface area contributed by atoms with Gasteiger partial charge in [-0.15, -0.1) is 20.4 Å². The number of para-hydroxylation sites is 2. The molecular formula is C23H16N8O4S. The molecule has 1 N–H and O–H groups in total. The van der Waals surface area contributed by atoms with Crippen LogP contribution in [-0.4, -0.2) is 36.7 Å². The van der Waals surface area contributed by atoms with Crippen molar-refractivity contribution >= 4 is 38.6 Å². The van der Waals surface area contributed by atoms with Crippen LogP contribution < -0.4 is 15.9 Å². The second-order valence-electron chi connectivity index (χ2n) is 7.68. The Bertz CT molecular complexity index is 1910. The van der Waals surface area contributed by atoms with Gasteiger partial charge in [-0.1, -0.05) is 41.7 Å². The molecule has 4 aromatic heterocycles. The summed E-state index contributed by atoms with van der Waals surface area (Å²) in [6, 6.07) is 16.0. The summed E-state index contributed by atoms with van der Waals surface area (Å²) < 4.78 is 13.3. The summed E-state index contributed by atoms with van der Waals surface area (Å²) in [6.07, 6.45) is 0. The highest BCUT2D eigenvalue weighted by Gasteiger charge is 2.21. The second kappa shape index (κ2) is 8.39. The predicted molar refractivity (Wildman–Crippen MR) is 132 cm³/mol. The van der Waals surface area contributed by atoms with Gasteiger partial charge in [0.25, 0.3) is 5.95 Å². The van der Waals surface area contributed by atoms with Crippen molar-refractivity contribution in [3.05, 3.63) is 81.1 Å². The van der Waals surface area contributed by atoms with E-state index in [1.165, 1.54) is 16.3 Å². The average molecular weight is 501 g/mol. The number of hydrogen-bond donors (Lipinski definition) is 1. The van der Waals surface area contributed by atoms with Crippen LogP contribution in [0, 0.1) is 6.92 Å². The number of benzene rings is 2. The minimum absolute atomic E-state index is 0.100. The van der Waals surface area contributed by atoms with E-state index in [9.17, 15) is 9.59 Å². The molecular weight excluding hydrogens is 484 g/mol. The van der Waals surface area contributed by atoms with Crippen molar-refractivity contribution in [3.8, 4) is 22.3 Å². The maximum atomic E-state index is 13.2. The summed E-state index contributed by atoms with van der Waals surface area (Å²) in [5, 5.41) is 25.1. The first kappa shape index (κ1) is 21.6. The Morgan fingerprint density at radius 1 is 1.06 bits per heavy atom. The number of aromatic nitrogens is 6. The van der Waals surface area contributed by atoms with Crippen LogP contribution in [0.25, 0.3) is 32.4 Å². The lowest BCUT2D eigenvalue weighted by atomic mass is 10.2. The van der Waals surface area contributed by atoms with Crippen molar-refractivity contribution in [2.24, 2.45) is 10.2 Å². The molecule has 0 saturated heterocycles. The van der Waals surface area contributed by atoms with Crippen molar-refractivity contribution in [3.63, 3.8) is 0 Å². The summed E-state index contributed by atoms with van der Waals surface area (Å²) in [4.78, 5) is 26.1. The van der Waals surface area contributed by atoms with Gasteiger partial charge in [0.2, 0.25) is 4.96 Å². The summed E-state index contributed by atoms with van der Waals surface area (Å²) in [5.74, 6) is 0.645. The van der Waals surface area contributed by atoms with E-state index in [0.29, 0.717) is 32.7 Å². The number of fused-ring (bicyclic) bond motifs is 2. The highest BCUT2D eigenvalue weighted by molar-refractivity contribution is 7.19. The lowest BCUT2D eigenvalue weighted by molar-refractivity contribution is 0.416. The molecule has 0 unspecified atom stereocenters. The lowest BCUT2D eigenvalue weighted by Gasteiger charge is -2.01. The van der Waals surface area contributed by atoms with E-state index in [0.717, 1.165) is 16.7 Å². The first-order chi connectivity index (χ1) is 17.5. The molecule has 0 amide bonds. The minimum atomic E-state index is -0.521. The van der Waals surface area contributed by atoms with E-state index in [1.54, 1.807) is 43.3 Å². The molecule has 0 aliphatic carbocycles. The summed E-state index contributed by atoms with van der Waals surface area (Å²) >= 11 is 1.15. The van der Waals surface area contributed by atoms with Gasteiger partial charge in [0.15, 0.2) is 10.7 Å². The Balaban J connectivity index is 1.42. The first-order valence-corrected chi connectivity index (χ1v) is 11.5. The van der Waals surface area contributed by atoms with E-state index < -0.39 is 11.2 Å². The summed E-state index contributed by atoms with van der Waals surface area (Å²) in [5.41, 5.74) is 0.820. The van der Waals surface area contributed by atoms with Crippen molar-refractivity contribution in [1.82, 2.24) is 29.6 Å². The number of ether oxygens (including phenoxy) is 1. The third kappa shape index (κ3) is 3.49. The Hall–Kier alpha value is -4.91. The number of H-pyrrole nitrogens is 1. The molecule has 0 bridgehead atoms. The van der Waals surface area contributed by atoms with Crippen LogP contribution >= 0.6 is 11.3 Å². The number of rotatable bonds is 5. The number of methoxy groups -OCH3 is 1. The van der Waals surface area contributed by atoms with Crippen LogP contribution in [0.15, 0.2) is 78.8 Å². The van der Waals surface area contributed by atoms with Gasteiger partial charge in [0, 0.05) is 5.39 Å². The van der Waals surface area contributed by atoms with Gasteiger partial charge in [-0.05, 0) is 31.2 Å². The molecule has 6 aromatic rings. The van der Waals surface area contributed by atoms with Gasteiger partial charge < -0.3 is 9.15 Å². The van der Waals surface area contributed by atoms with Crippen LogP contribution in [0.5, 0.6) is 5.75 Å². The average Bonchev–Trinajstić information content (AvgIpc) is 3.55. The second-order valence-corrected chi connectivity index (χ2v) is 8.64. The van der Waals surface area contributed by atoms with Crippen molar-refractivity contribution in [1.29, 1.82) is 0 Å². The molecule has 0 aliphatic heterocycles. The van der Waals surface area contributed by atoms with Gasteiger partial charge in [0.1, 0.15) is 17.0 Å². The molecule has 36 heavy (non-hydrogen) atoms. The quantitative estimate of drug-likeness (QED) is 0.276. The maximum Gasteiger partial charge on any atom is 0.346 e. The number of nitrogens with zero attached hydrogens (tertiary/aromatic N) is 7. The molecule has 0 fully saturated rings. The highest BCUT2D eigenvalue weighted by atomic mass is 32.1. The smallest absolute Gasteiger partial charge is 0.346 e. The summed E-state index contributed by atoms with van der Waals surface area (Å²) in [7, 11) is 1.53. The largest absolute Gasteiger partial charge is 0.494 e. The monoisotopic (exact) mass is 500 g/mol. The van der Waals surface area contributed by atoms with Crippen molar-refractivity contribution in [2.75, 3.05) is 7.11 Å². The fourth-order valence-electron chi connectivity index (χ4n) is 3.68. The molecule has 12 nitrogen and oxygen atoms in total. The van der Waals surface area contributed by atoms with Crippen LogP contribution in [0.1, 0.15) is 5.69 Å². The number of nitrogens with one attached hydrogen (secondary N) is 1. The van der Waals surface area contributed by atoms with Crippen LogP contribution in [0.3, 0.4) is 0 Å². The SMILES string of the molecule is COc1ccccc1N=Nc1c(C)[nH]n(-c2nnc3sc(-c4cc5ccccc5oc4=O)nn23)c1=O. The summed E-state index contributed by atoms with van der Waals surface area (Å²) in [6.45, 7) is 1.69. The third-order valence-corrected chi connectivity index (χ3v) is 6.36. The zero-order valence-electron chi connectivity index (χ0n) is 18.9. The molecule has 4 heterocycles. The zero-order chi connectivity index (χ0) is 24.8. The predicted octanol–water partition coefficient (Wildman–Crippen LogP) is 4.17. The van der Waals surface area contributed by atoms with E-state index in [2.05, 4.69) is 30.6 Å². The normalized spacial score (nSPS) is 11.7. The molecule has 0 spiro atoms. The van der Waals surface area contributed by atoms with E-state index in [-0.39, 0.29) is 17.2 Å². The van der Waals surface area contributed by atoms with Crippen molar-refractivity contribution in [2.45, 2.75) is 6.92 Å². The van der Waals surface area contributed by atoms with Crippen LogP contribution in [0.2, 0.25) is 0 Å². The van der Waals surface area contributed by atoms with Gasteiger partial charge in [-0.2, -0.15) is 14.3 Å². The van der Waals surface area contributed by atoms with Gasteiger partial charge in [0.05, 0.1) is 18.4 Å². The molecule has 6 rings (SSSR count). The zero-order valence-corrected chi connectivity index (χ0v) is 19.7. The van der Waals surface area contributed by atoms with Crippen molar-refractivity contribution < 1.29 is 9.15 Å². The van der Waals surface area contributed by atoms with Gasteiger partial charge in [-0.3, -0.25) is 9.89 Å². The maximum absolute atomic E-state index is 13.2. The fourth-order valence-corrected chi connectivity index (χ4v) is 4.52. The molecule has 0 aliphatic rings. The lowest BCUT2D eigenvalue weighted by Crippen LogP contribution is -2.17. The Kier molecular flexibility index (Phi) is 5.04. The van der Waals surface area contributed by atoms with E-state index in [4.69, 9.17) is 9.15 Å². The Morgan fingerprint density at radius 3 is 2.72 bits per heavy atom. The van der Waals surface area contributed by atoms with Gasteiger partial charge in [-0.25, -0.2) is 4.79 Å². The first-order valence-electron chi connectivity index (χ1n) is 10.7. The minimum Gasteiger partial charge on any atom is -0.494 e. The topological polar surface area (TPSA) is 145 Å². The number of aromatic amines is 1. The number of aryl methyl sites for hydroxylation is 1. The highest BCUT2D eigenvalue weighted by Crippen LogP contribution is 2.29.